The summed E-state index contributed by atoms with van der Waals surface area (Å²) in [7, 11) is 3.11. The number of aromatic nitrogens is 3. The Morgan fingerprint density at radius 1 is 0.974 bits per heavy atom. The fraction of sp³-hybridized carbons (Fsp3) is 0.241. The Balaban J connectivity index is 1.53. The summed E-state index contributed by atoms with van der Waals surface area (Å²) in [6.45, 7) is 3.64. The van der Waals surface area contributed by atoms with Crippen molar-refractivity contribution >= 4 is 17.6 Å². The number of methoxy groups -OCH3 is 2. The van der Waals surface area contributed by atoms with E-state index in [1.165, 1.54) is 0 Å². The highest BCUT2D eigenvalue weighted by molar-refractivity contribution is 5.97. The number of hydrogen-bond acceptors (Lipinski definition) is 6. The van der Waals surface area contributed by atoms with Crippen molar-refractivity contribution in [1.29, 1.82) is 0 Å². The van der Waals surface area contributed by atoms with Gasteiger partial charge in [0, 0.05) is 24.0 Å². The van der Waals surface area contributed by atoms with Crippen LogP contribution in [-0.2, 0) is 16.0 Å². The number of nitrogens with one attached hydrogen (secondary N) is 1. The number of hydrogen-bond donors (Lipinski definition) is 1. The number of rotatable bonds is 10. The number of nitrogens with zero attached hydrogens (tertiary/aromatic N) is 4. The largest absolute Gasteiger partial charge is 0.493 e. The third kappa shape index (κ3) is 6.18. The first-order chi connectivity index (χ1) is 18.4. The lowest BCUT2D eigenvalue weighted by Crippen LogP contribution is -2.43. The molecule has 0 bridgehead atoms. The van der Waals surface area contributed by atoms with Crippen molar-refractivity contribution in [2.45, 2.75) is 26.3 Å². The summed E-state index contributed by atoms with van der Waals surface area (Å²) in [5, 5.41) is 7.50. The highest BCUT2D eigenvalue weighted by atomic mass is 16.5. The number of carbonyl (C=O) groups is 2. The van der Waals surface area contributed by atoms with Crippen LogP contribution in [0.15, 0.2) is 79.1 Å². The van der Waals surface area contributed by atoms with E-state index in [9.17, 15) is 9.59 Å². The molecule has 1 N–H and O–H groups in total. The van der Waals surface area contributed by atoms with Gasteiger partial charge in [-0.1, -0.05) is 42.5 Å². The molecule has 0 saturated heterocycles. The number of carbonyl (C=O) groups excluding carboxylic acids is 2. The molecule has 9 heteroatoms. The first kappa shape index (κ1) is 26.4. The molecule has 0 aliphatic heterocycles. The lowest BCUT2D eigenvalue weighted by atomic mass is 10.1. The predicted octanol–water partition coefficient (Wildman–Crippen LogP) is 4.37. The summed E-state index contributed by atoms with van der Waals surface area (Å²) < 4.78 is 12.3. The van der Waals surface area contributed by atoms with Gasteiger partial charge in [-0.25, -0.2) is 9.67 Å². The van der Waals surface area contributed by atoms with Crippen molar-refractivity contribution in [3.8, 4) is 28.4 Å². The molecule has 196 valence electrons. The van der Waals surface area contributed by atoms with Crippen molar-refractivity contribution in [2.24, 2.45) is 0 Å². The van der Waals surface area contributed by atoms with Gasteiger partial charge in [-0.2, -0.15) is 0 Å². The van der Waals surface area contributed by atoms with Crippen LogP contribution >= 0.6 is 0 Å². The molecule has 0 fully saturated rings. The number of benzene rings is 2. The van der Waals surface area contributed by atoms with Crippen molar-refractivity contribution < 1.29 is 19.1 Å². The molecular formula is C29H31N5O4. The van der Waals surface area contributed by atoms with Crippen molar-refractivity contribution in [2.75, 3.05) is 26.1 Å². The van der Waals surface area contributed by atoms with Gasteiger partial charge in [-0.05, 0) is 49.2 Å². The topological polar surface area (TPSA) is 98.6 Å². The van der Waals surface area contributed by atoms with Gasteiger partial charge >= 0.3 is 0 Å². The molecule has 0 atom stereocenters. The van der Waals surface area contributed by atoms with E-state index >= 15 is 0 Å². The maximum Gasteiger partial charge on any atom is 0.245 e. The van der Waals surface area contributed by atoms with Crippen molar-refractivity contribution in [1.82, 2.24) is 19.7 Å². The minimum Gasteiger partial charge on any atom is -0.493 e. The van der Waals surface area contributed by atoms with E-state index in [1.54, 1.807) is 42.1 Å². The van der Waals surface area contributed by atoms with Crippen LogP contribution in [0.1, 0.15) is 19.4 Å². The van der Waals surface area contributed by atoms with Crippen LogP contribution in [-0.4, -0.2) is 58.3 Å². The average Bonchev–Trinajstić information content (AvgIpc) is 3.36. The summed E-state index contributed by atoms with van der Waals surface area (Å²) >= 11 is 0. The van der Waals surface area contributed by atoms with Crippen LogP contribution < -0.4 is 14.8 Å². The van der Waals surface area contributed by atoms with Gasteiger partial charge in [0.05, 0.1) is 20.6 Å². The zero-order valence-electron chi connectivity index (χ0n) is 21.9. The predicted molar refractivity (Wildman–Crippen MR) is 146 cm³/mol. The summed E-state index contributed by atoms with van der Waals surface area (Å²) in [6, 6.07) is 20.4. The molecule has 2 amide bonds. The highest BCUT2D eigenvalue weighted by Crippen LogP contribution is 2.29. The maximum absolute atomic E-state index is 13.2. The average molecular weight is 514 g/mol. The second kappa shape index (κ2) is 12.1. The molecule has 0 aliphatic rings. The summed E-state index contributed by atoms with van der Waals surface area (Å²) in [5.41, 5.74) is 2.41. The first-order valence-electron chi connectivity index (χ1n) is 12.3. The lowest BCUT2D eigenvalue weighted by Gasteiger charge is -2.26. The van der Waals surface area contributed by atoms with Crippen LogP contribution in [0.2, 0.25) is 0 Å². The van der Waals surface area contributed by atoms with Crippen molar-refractivity contribution in [3.05, 3.63) is 84.7 Å². The molecule has 2 heterocycles. The minimum absolute atomic E-state index is 0.117. The van der Waals surface area contributed by atoms with Gasteiger partial charge in [0.15, 0.2) is 23.1 Å². The van der Waals surface area contributed by atoms with Gasteiger partial charge < -0.3 is 19.7 Å². The number of pyridine rings is 1. The van der Waals surface area contributed by atoms with E-state index in [0.29, 0.717) is 23.1 Å². The van der Waals surface area contributed by atoms with Crippen LogP contribution in [0.4, 0.5) is 5.82 Å². The Morgan fingerprint density at radius 3 is 2.37 bits per heavy atom. The lowest BCUT2D eigenvalue weighted by molar-refractivity contribution is -0.135. The van der Waals surface area contributed by atoms with Gasteiger partial charge in [-0.15, -0.1) is 5.10 Å². The maximum atomic E-state index is 13.2. The monoisotopic (exact) mass is 513 g/mol. The van der Waals surface area contributed by atoms with E-state index < -0.39 is 0 Å². The Bertz CT molecular complexity index is 1390. The molecule has 4 aromatic rings. The Morgan fingerprint density at radius 2 is 1.71 bits per heavy atom. The Kier molecular flexibility index (Phi) is 8.37. The van der Waals surface area contributed by atoms with E-state index in [-0.39, 0.29) is 30.8 Å². The summed E-state index contributed by atoms with van der Waals surface area (Å²) in [4.78, 5) is 32.3. The third-order valence-corrected chi connectivity index (χ3v) is 6.00. The second-order valence-electron chi connectivity index (χ2n) is 8.92. The first-order valence-corrected chi connectivity index (χ1v) is 12.3. The van der Waals surface area contributed by atoms with Crippen LogP contribution in [0.5, 0.6) is 11.5 Å². The van der Waals surface area contributed by atoms with Crippen LogP contribution in [0, 0.1) is 0 Å². The quantitative estimate of drug-likeness (QED) is 0.338. The minimum atomic E-state index is -0.345. The molecule has 0 unspecified atom stereocenters. The normalized spacial score (nSPS) is 10.8. The smallest absolute Gasteiger partial charge is 0.245 e. The fourth-order valence-corrected chi connectivity index (χ4v) is 4.05. The molecule has 9 nitrogen and oxygen atoms in total. The van der Waals surface area contributed by atoms with Gasteiger partial charge in [0.1, 0.15) is 6.54 Å². The SMILES string of the molecule is COc1ccc(CC(=O)N(CC(=O)Nc2nn(-c3ccccn3)cc2-c2ccccc2)C(C)C)cc1OC. The Hall–Kier alpha value is -4.66. The molecule has 0 spiro atoms. The van der Waals surface area contributed by atoms with Gasteiger partial charge in [-0.3, -0.25) is 9.59 Å². The van der Waals surface area contributed by atoms with E-state index in [0.717, 1.165) is 16.7 Å². The van der Waals surface area contributed by atoms with Crippen LogP contribution in [0.3, 0.4) is 0 Å². The van der Waals surface area contributed by atoms with E-state index in [2.05, 4.69) is 15.4 Å². The number of ether oxygens (including phenoxy) is 2. The molecule has 0 aliphatic carbocycles. The van der Waals surface area contributed by atoms with E-state index in [4.69, 9.17) is 9.47 Å². The Labute approximate surface area is 222 Å². The number of amides is 2. The summed E-state index contributed by atoms with van der Waals surface area (Å²) in [5.74, 6) is 1.63. The third-order valence-electron chi connectivity index (χ3n) is 6.00. The molecule has 0 saturated carbocycles. The second-order valence-corrected chi connectivity index (χ2v) is 8.92. The summed E-state index contributed by atoms with van der Waals surface area (Å²) in [6.07, 6.45) is 3.63. The van der Waals surface area contributed by atoms with E-state index in [1.807, 2.05) is 74.6 Å². The van der Waals surface area contributed by atoms with Crippen molar-refractivity contribution in [3.63, 3.8) is 0 Å². The molecule has 2 aromatic carbocycles. The fourth-order valence-electron chi connectivity index (χ4n) is 4.05. The molecule has 0 radical (unpaired) electrons. The molecule has 38 heavy (non-hydrogen) atoms. The number of anilines is 1. The zero-order valence-corrected chi connectivity index (χ0v) is 21.9. The van der Waals surface area contributed by atoms with Gasteiger partial charge in [0.2, 0.25) is 11.8 Å². The standard InChI is InChI=1S/C29H31N5O4/c1-20(2)33(28(36)17-21-13-14-24(37-3)25(16-21)38-4)19-27(35)31-29-23(22-10-6-5-7-11-22)18-34(32-29)26-12-8-9-15-30-26/h5-16,18,20H,17,19H2,1-4H3,(H,31,32,35). The molecular weight excluding hydrogens is 482 g/mol. The van der Waals surface area contributed by atoms with Gasteiger partial charge in [0.25, 0.3) is 0 Å². The molecule has 2 aromatic heterocycles. The molecule has 4 rings (SSSR count). The highest BCUT2D eigenvalue weighted by Gasteiger charge is 2.23. The zero-order chi connectivity index (χ0) is 27.1. The van der Waals surface area contributed by atoms with Crippen LogP contribution in [0.25, 0.3) is 16.9 Å².